The van der Waals surface area contributed by atoms with Crippen LogP contribution in [0.5, 0.6) is 0 Å². The van der Waals surface area contributed by atoms with Gasteiger partial charge in [-0.15, -0.1) is 0 Å². The van der Waals surface area contributed by atoms with Gasteiger partial charge in [0.25, 0.3) is 0 Å². The molecule has 598 valence electrons. The first-order chi connectivity index (χ1) is 63.4. The Labute approximate surface area is 737 Å². The molecule has 0 radical (unpaired) electrons. The molecule has 6 heterocycles. The number of rotatable bonds is 18. The molecule has 17 aromatic carbocycles. The minimum Gasteiger partial charge on any atom is -0.309 e. The smallest absolute Gasteiger partial charge is 0.166 e. The molecule has 128 heavy (non-hydrogen) atoms. The van der Waals surface area contributed by atoms with Crippen molar-refractivity contribution in [2.75, 3.05) is 0 Å². The first kappa shape index (κ1) is 75.4. The molecule has 0 aliphatic carbocycles. The lowest BCUT2D eigenvalue weighted by Gasteiger charge is -2.17. The second-order valence-electron chi connectivity index (χ2n) is 31.5. The molecule has 14 nitrogen and oxygen atoms in total. The molecule has 0 unspecified atom stereocenters. The fourth-order valence-electron chi connectivity index (χ4n) is 17.3. The van der Waals surface area contributed by atoms with Crippen molar-refractivity contribution in [1.82, 2.24) is 68.9 Å². The molecular formula is C114H72N14. The van der Waals surface area contributed by atoms with Gasteiger partial charge in [-0.2, -0.15) is 0 Å². The van der Waals surface area contributed by atoms with Crippen LogP contribution in [0.2, 0.25) is 0 Å². The van der Waals surface area contributed by atoms with E-state index in [1.807, 2.05) is 212 Å². The van der Waals surface area contributed by atoms with E-state index in [2.05, 4.69) is 234 Å². The molecule has 14 heteroatoms. The van der Waals surface area contributed by atoms with Crippen molar-refractivity contribution in [3.05, 3.63) is 437 Å². The third kappa shape index (κ3) is 14.4. The number of hydrogen-bond donors (Lipinski definition) is 0. The standard InChI is InChI=1S/C114H72N14/c1-10-32-73(33-11-1)85-56-61-99-93(68-85)94-69-86(74-34-12-2-13-35-74)57-62-100(94)128(99)102-65-60-90(72-96(102)114-125-108(80-46-24-8-25-47-80)117-109(126-114)81-48-26-9-27-49-81)112-121-105(77-40-18-5-19-41-77)118-110(122-112)88-53-31-52-84(67-88)82-50-30-51-83(66-82)87-58-63-98-92(70-87)91-54-28-29-55-97(91)127(98)101-64-59-89(111-119-103(75-36-14-3-15-37-75)115-104(120-111)76-38-16-4-17-39-76)71-95(101)113-123-106(78-42-20-6-21-43-78)116-107(124-113)79-44-22-7-23-45-79/h1-72H. The zero-order valence-corrected chi connectivity index (χ0v) is 68.8. The van der Waals surface area contributed by atoms with Gasteiger partial charge in [-0.25, -0.2) is 59.8 Å². The normalized spacial score (nSPS) is 11.4. The number of aromatic nitrogens is 14. The summed E-state index contributed by atoms with van der Waals surface area (Å²) in [6.45, 7) is 0. The van der Waals surface area contributed by atoms with Crippen LogP contribution in [0.3, 0.4) is 0 Å². The largest absolute Gasteiger partial charge is 0.309 e. The van der Waals surface area contributed by atoms with Crippen LogP contribution >= 0.6 is 0 Å². The second kappa shape index (κ2) is 32.6. The van der Waals surface area contributed by atoms with E-state index in [1.54, 1.807) is 0 Å². The van der Waals surface area contributed by atoms with E-state index in [-0.39, 0.29) is 0 Å². The number of fused-ring (bicyclic) bond motifs is 6. The summed E-state index contributed by atoms with van der Waals surface area (Å²) in [5.74, 6) is 6.21. The van der Waals surface area contributed by atoms with Crippen LogP contribution in [-0.4, -0.2) is 68.9 Å². The first-order valence-electron chi connectivity index (χ1n) is 42.6. The van der Waals surface area contributed by atoms with E-state index in [1.165, 1.54) is 0 Å². The fourth-order valence-corrected chi connectivity index (χ4v) is 17.3. The molecule has 0 bridgehead atoms. The molecule has 23 rings (SSSR count). The van der Waals surface area contributed by atoms with Crippen LogP contribution in [0.4, 0.5) is 0 Å². The highest BCUT2D eigenvalue weighted by Gasteiger charge is 2.27. The van der Waals surface area contributed by atoms with E-state index >= 15 is 0 Å². The van der Waals surface area contributed by atoms with Crippen LogP contribution < -0.4 is 0 Å². The zero-order chi connectivity index (χ0) is 84.8. The summed E-state index contributed by atoms with van der Waals surface area (Å²) < 4.78 is 4.69. The number of para-hydroxylation sites is 1. The Hall–Kier alpha value is -17.6. The molecule has 0 fully saturated rings. The SMILES string of the molecule is c1ccc(-c2ccc3c(c2)c2cc(-c4ccccc4)ccc2n3-c2ccc(-c3nc(-c4ccccc4)nc(-c4cccc(-c5cccc(-c6ccc7c(c6)c6ccccc6n7-c6ccc(-c7nc(-c8ccccc8)nc(-c8ccccc8)n7)cc6-c6nc(-c7ccccc7)nc(-c7ccccc7)n6)c5)c4)n3)cc2-c2nc(-c3ccccc3)nc(-c3ccccc3)n2)cc1. The highest BCUT2D eigenvalue weighted by molar-refractivity contribution is 6.13. The molecule has 23 aromatic rings. The molecule has 0 saturated carbocycles. The molecule has 0 spiro atoms. The minimum absolute atomic E-state index is 0.469. The van der Waals surface area contributed by atoms with Gasteiger partial charge in [0.15, 0.2) is 69.9 Å². The van der Waals surface area contributed by atoms with Gasteiger partial charge < -0.3 is 9.13 Å². The van der Waals surface area contributed by atoms with Gasteiger partial charge in [-0.1, -0.05) is 346 Å². The van der Waals surface area contributed by atoms with Gasteiger partial charge in [0.05, 0.1) is 33.4 Å². The summed E-state index contributed by atoms with van der Waals surface area (Å²) in [6.07, 6.45) is 0. The van der Waals surface area contributed by atoms with Gasteiger partial charge in [0, 0.05) is 88.3 Å². The lowest BCUT2D eigenvalue weighted by atomic mass is 9.97. The van der Waals surface area contributed by atoms with Crippen LogP contribution in [0.25, 0.3) is 236 Å². The maximum atomic E-state index is 5.51. The molecule has 0 aliphatic heterocycles. The summed E-state index contributed by atoms with van der Waals surface area (Å²) in [6, 6.07) is 151. The van der Waals surface area contributed by atoms with Crippen molar-refractivity contribution in [3.8, 4) is 193 Å². The van der Waals surface area contributed by atoms with Crippen molar-refractivity contribution in [3.63, 3.8) is 0 Å². The highest BCUT2D eigenvalue weighted by atomic mass is 15.1. The summed E-state index contributed by atoms with van der Waals surface area (Å²) in [5.41, 5.74) is 24.1. The Morgan fingerprint density at radius 2 is 0.312 bits per heavy atom. The van der Waals surface area contributed by atoms with Crippen molar-refractivity contribution in [2.45, 2.75) is 0 Å². The van der Waals surface area contributed by atoms with E-state index < -0.39 is 0 Å². The third-order valence-corrected chi connectivity index (χ3v) is 23.5. The zero-order valence-electron chi connectivity index (χ0n) is 68.8. The third-order valence-electron chi connectivity index (χ3n) is 23.5. The van der Waals surface area contributed by atoms with Gasteiger partial charge in [-0.3, -0.25) is 0 Å². The molecule has 0 atom stereocenters. The Kier molecular flexibility index (Phi) is 19.2. The average Bonchev–Trinajstić information content (AvgIpc) is 1.58. The lowest BCUT2D eigenvalue weighted by Crippen LogP contribution is -2.05. The van der Waals surface area contributed by atoms with Crippen LogP contribution in [0.15, 0.2) is 437 Å². The van der Waals surface area contributed by atoms with E-state index in [0.29, 0.717) is 69.9 Å². The predicted octanol–water partition coefficient (Wildman–Crippen LogP) is 27.3. The summed E-state index contributed by atoms with van der Waals surface area (Å²) in [5, 5.41) is 4.34. The van der Waals surface area contributed by atoms with Crippen LogP contribution in [0, 0.1) is 0 Å². The quantitative estimate of drug-likeness (QED) is 0.0800. The van der Waals surface area contributed by atoms with Gasteiger partial charge in [-0.05, 0) is 136 Å². The van der Waals surface area contributed by atoms with Crippen LogP contribution in [-0.2, 0) is 0 Å². The molecule has 0 amide bonds. The Balaban J connectivity index is 0.653. The maximum Gasteiger partial charge on any atom is 0.166 e. The van der Waals surface area contributed by atoms with E-state index in [4.69, 9.17) is 59.8 Å². The molecule has 0 N–H and O–H groups in total. The molecule has 0 saturated heterocycles. The van der Waals surface area contributed by atoms with Crippen molar-refractivity contribution < 1.29 is 0 Å². The van der Waals surface area contributed by atoms with Gasteiger partial charge in [0.1, 0.15) is 0 Å². The minimum atomic E-state index is 0.469. The molecular weight excluding hydrogens is 1570 g/mol. The summed E-state index contributed by atoms with van der Waals surface area (Å²) >= 11 is 0. The molecule has 0 aliphatic rings. The number of benzene rings is 17. The fraction of sp³-hybridized carbons (Fsp3) is 0. The van der Waals surface area contributed by atoms with E-state index in [0.717, 1.165) is 166 Å². The van der Waals surface area contributed by atoms with Crippen LogP contribution in [0.1, 0.15) is 0 Å². The topological polar surface area (TPSA) is 165 Å². The average molecular weight is 1640 g/mol. The first-order valence-corrected chi connectivity index (χ1v) is 42.6. The number of nitrogens with zero attached hydrogens (tertiary/aromatic N) is 14. The Morgan fingerprint density at radius 1 is 0.117 bits per heavy atom. The van der Waals surface area contributed by atoms with Crippen molar-refractivity contribution in [2.24, 2.45) is 0 Å². The summed E-state index contributed by atoms with van der Waals surface area (Å²) in [7, 11) is 0. The second-order valence-corrected chi connectivity index (χ2v) is 31.5. The van der Waals surface area contributed by atoms with Crippen molar-refractivity contribution >= 4 is 43.6 Å². The Bertz CT molecular complexity index is 7870. The summed E-state index contributed by atoms with van der Waals surface area (Å²) in [4.78, 5) is 63.9. The monoisotopic (exact) mass is 1640 g/mol. The van der Waals surface area contributed by atoms with Gasteiger partial charge >= 0.3 is 0 Å². The Morgan fingerprint density at radius 3 is 0.617 bits per heavy atom. The number of hydrogen-bond acceptors (Lipinski definition) is 12. The maximum absolute atomic E-state index is 5.51. The highest BCUT2D eigenvalue weighted by Crippen LogP contribution is 2.45. The predicted molar refractivity (Wildman–Crippen MR) is 516 cm³/mol. The van der Waals surface area contributed by atoms with Crippen molar-refractivity contribution in [1.29, 1.82) is 0 Å². The lowest BCUT2D eigenvalue weighted by molar-refractivity contribution is 1.06. The van der Waals surface area contributed by atoms with E-state index in [9.17, 15) is 0 Å². The molecule has 6 aromatic heterocycles. The van der Waals surface area contributed by atoms with Gasteiger partial charge in [0.2, 0.25) is 0 Å².